The lowest BCUT2D eigenvalue weighted by Crippen LogP contribution is -2.40. The second-order valence-corrected chi connectivity index (χ2v) is 7.21. The fourth-order valence-corrected chi connectivity index (χ4v) is 3.87. The molecule has 0 N–H and O–H groups in total. The van der Waals surface area contributed by atoms with Crippen LogP contribution in [0.5, 0.6) is 5.88 Å². The molecule has 2 aromatic heterocycles. The molecule has 0 unspecified atom stereocenters. The van der Waals surface area contributed by atoms with Crippen LogP contribution in [0.25, 0.3) is 0 Å². The minimum atomic E-state index is 0.185. The molecule has 0 aliphatic carbocycles. The van der Waals surface area contributed by atoms with E-state index in [0.717, 1.165) is 38.4 Å². The maximum Gasteiger partial charge on any atom is 0.213 e. The molecule has 1 atom stereocenters. The molecule has 132 valence electrons. The van der Waals surface area contributed by atoms with Gasteiger partial charge in [-0.2, -0.15) is 0 Å². The lowest BCUT2D eigenvalue weighted by molar-refractivity contribution is 0.0461. The van der Waals surface area contributed by atoms with Crippen molar-refractivity contribution >= 4 is 0 Å². The maximum atomic E-state index is 6.04. The van der Waals surface area contributed by atoms with Crippen molar-refractivity contribution in [3.8, 4) is 5.88 Å². The largest absolute Gasteiger partial charge is 0.475 e. The summed E-state index contributed by atoms with van der Waals surface area (Å²) in [6.45, 7) is 4.64. The molecule has 1 spiro atoms. The van der Waals surface area contributed by atoms with Crippen LogP contribution in [0.4, 0.5) is 0 Å². The minimum absolute atomic E-state index is 0.185. The summed E-state index contributed by atoms with van der Waals surface area (Å²) in [6.07, 6.45) is 7.29. The first-order valence-corrected chi connectivity index (χ1v) is 9.09. The zero-order valence-corrected chi connectivity index (χ0v) is 14.5. The standard InChI is InChI=1S/C20H25N3O2/c1-3-9-21-17(5-1)14-23-11-7-20(8-12-23)13-18(25-16-20)15-24-19-6-2-4-10-22-19/h1-6,9-10,18H,7-8,11-16H2/t18-/m0/s1. The van der Waals surface area contributed by atoms with Crippen molar-refractivity contribution < 1.29 is 9.47 Å². The number of piperidine rings is 1. The molecule has 2 aliphatic rings. The van der Waals surface area contributed by atoms with Gasteiger partial charge in [-0.15, -0.1) is 0 Å². The molecular weight excluding hydrogens is 314 g/mol. The van der Waals surface area contributed by atoms with Gasteiger partial charge in [-0.3, -0.25) is 9.88 Å². The lowest BCUT2D eigenvalue weighted by atomic mass is 9.76. The Morgan fingerprint density at radius 3 is 2.60 bits per heavy atom. The number of ether oxygens (including phenoxy) is 2. The molecule has 0 radical (unpaired) electrons. The Kier molecular flexibility index (Phi) is 4.95. The van der Waals surface area contributed by atoms with Crippen LogP contribution >= 0.6 is 0 Å². The average Bonchev–Trinajstić information content (AvgIpc) is 3.07. The molecule has 25 heavy (non-hydrogen) atoms. The zero-order valence-electron chi connectivity index (χ0n) is 14.5. The summed E-state index contributed by atoms with van der Waals surface area (Å²) in [5.41, 5.74) is 1.49. The number of hydrogen-bond acceptors (Lipinski definition) is 5. The van der Waals surface area contributed by atoms with E-state index in [4.69, 9.17) is 9.47 Å². The van der Waals surface area contributed by atoms with Gasteiger partial charge in [0.1, 0.15) is 6.61 Å². The number of rotatable bonds is 5. The Hall–Kier alpha value is -1.98. The number of likely N-dealkylation sites (tertiary alicyclic amines) is 1. The van der Waals surface area contributed by atoms with Gasteiger partial charge in [0.25, 0.3) is 0 Å². The number of nitrogens with zero attached hydrogens (tertiary/aromatic N) is 3. The molecule has 2 saturated heterocycles. The summed E-state index contributed by atoms with van der Waals surface area (Å²) < 4.78 is 11.8. The topological polar surface area (TPSA) is 47.5 Å². The van der Waals surface area contributed by atoms with Gasteiger partial charge in [0.15, 0.2) is 0 Å². The van der Waals surface area contributed by atoms with Gasteiger partial charge in [0, 0.05) is 25.0 Å². The third-order valence-corrected chi connectivity index (χ3v) is 5.37. The summed E-state index contributed by atoms with van der Waals surface area (Å²) in [6, 6.07) is 11.9. The molecule has 2 fully saturated rings. The Balaban J connectivity index is 1.24. The Morgan fingerprint density at radius 2 is 1.88 bits per heavy atom. The van der Waals surface area contributed by atoms with Crippen LogP contribution in [0.3, 0.4) is 0 Å². The van der Waals surface area contributed by atoms with Crippen LogP contribution in [-0.4, -0.2) is 47.3 Å². The number of pyridine rings is 2. The minimum Gasteiger partial charge on any atom is -0.475 e. The van der Waals surface area contributed by atoms with E-state index in [1.165, 1.54) is 12.8 Å². The van der Waals surface area contributed by atoms with Gasteiger partial charge in [-0.05, 0) is 56.0 Å². The highest BCUT2D eigenvalue weighted by Gasteiger charge is 2.42. The molecule has 0 aromatic carbocycles. The molecule has 0 bridgehead atoms. The fourth-order valence-electron chi connectivity index (χ4n) is 3.87. The molecule has 5 heteroatoms. The summed E-state index contributed by atoms with van der Waals surface area (Å²) in [5.74, 6) is 0.678. The van der Waals surface area contributed by atoms with Crippen LogP contribution < -0.4 is 4.74 Å². The van der Waals surface area contributed by atoms with Crippen LogP contribution in [-0.2, 0) is 11.3 Å². The van der Waals surface area contributed by atoms with Crippen LogP contribution in [0.2, 0.25) is 0 Å². The first-order chi connectivity index (χ1) is 12.3. The summed E-state index contributed by atoms with van der Waals surface area (Å²) in [4.78, 5) is 11.1. The van der Waals surface area contributed by atoms with Crippen molar-refractivity contribution in [3.05, 3.63) is 54.5 Å². The SMILES string of the molecule is c1ccc(CN2CCC3(CC2)CO[C@H](COc2ccccn2)C3)nc1. The molecule has 2 aliphatic heterocycles. The highest BCUT2D eigenvalue weighted by molar-refractivity contribution is 5.09. The quantitative estimate of drug-likeness (QED) is 0.838. The van der Waals surface area contributed by atoms with Crippen molar-refractivity contribution in [2.75, 3.05) is 26.3 Å². The van der Waals surface area contributed by atoms with E-state index >= 15 is 0 Å². The smallest absolute Gasteiger partial charge is 0.213 e. The molecule has 0 amide bonds. The second-order valence-electron chi connectivity index (χ2n) is 7.21. The van der Waals surface area contributed by atoms with Crippen molar-refractivity contribution in [1.82, 2.24) is 14.9 Å². The zero-order chi connectivity index (χ0) is 17.0. The third-order valence-electron chi connectivity index (χ3n) is 5.37. The highest BCUT2D eigenvalue weighted by Crippen LogP contribution is 2.42. The van der Waals surface area contributed by atoms with Crippen molar-refractivity contribution in [2.24, 2.45) is 5.41 Å². The van der Waals surface area contributed by atoms with E-state index in [1.807, 2.05) is 30.5 Å². The van der Waals surface area contributed by atoms with Crippen LogP contribution in [0.1, 0.15) is 25.0 Å². The van der Waals surface area contributed by atoms with E-state index in [9.17, 15) is 0 Å². The Morgan fingerprint density at radius 1 is 1.08 bits per heavy atom. The predicted molar refractivity (Wildman–Crippen MR) is 95.3 cm³/mol. The molecule has 5 nitrogen and oxygen atoms in total. The average molecular weight is 339 g/mol. The van der Waals surface area contributed by atoms with Gasteiger partial charge < -0.3 is 9.47 Å². The molecule has 4 heterocycles. The third kappa shape index (κ3) is 4.17. The summed E-state index contributed by atoms with van der Waals surface area (Å²) in [5, 5.41) is 0. The van der Waals surface area contributed by atoms with E-state index < -0.39 is 0 Å². The molecular formula is C20H25N3O2. The monoisotopic (exact) mass is 339 g/mol. The van der Waals surface area contributed by atoms with Gasteiger partial charge in [-0.1, -0.05) is 12.1 Å². The predicted octanol–water partition coefficient (Wildman–Crippen LogP) is 2.93. The van der Waals surface area contributed by atoms with Crippen molar-refractivity contribution in [2.45, 2.75) is 31.9 Å². The first kappa shape index (κ1) is 16.5. The van der Waals surface area contributed by atoms with E-state index in [1.54, 1.807) is 6.20 Å². The molecule has 4 rings (SSSR count). The fraction of sp³-hybridized carbons (Fsp3) is 0.500. The van der Waals surface area contributed by atoms with Gasteiger partial charge in [-0.25, -0.2) is 4.98 Å². The molecule has 2 aromatic rings. The van der Waals surface area contributed by atoms with Gasteiger partial charge >= 0.3 is 0 Å². The van der Waals surface area contributed by atoms with Gasteiger partial charge in [0.2, 0.25) is 5.88 Å². The van der Waals surface area contributed by atoms with Gasteiger partial charge in [0.05, 0.1) is 18.4 Å². The Bertz CT molecular complexity index is 657. The highest BCUT2D eigenvalue weighted by atomic mass is 16.5. The summed E-state index contributed by atoms with van der Waals surface area (Å²) >= 11 is 0. The maximum absolute atomic E-state index is 6.04. The number of hydrogen-bond donors (Lipinski definition) is 0. The van der Waals surface area contributed by atoms with Crippen LogP contribution in [0.15, 0.2) is 48.8 Å². The molecule has 0 saturated carbocycles. The van der Waals surface area contributed by atoms with Crippen molar-refractivity contribution in [3.63, 3.8) is 0 Å². The van der Waals surface area contributed by atoms with E-state index in [0.29, 0.717) is 17.9 Å². The second kappa shape index (κ2) is 7.50. The van der Waals surface area contributed by atoms with E-state index in [-0.39, 0.29) is 6.10 Å². The Labute approximate surface area is 149 Å². The first-order valence-electron chi connectivity index (χ1n) is 9.09. The normalized spacial score (nSPS) is 23.0. The van der Waals surface area contributed by atoms with E-state index in [2.05, 4.69) is 27.0 Å². The number of aromatic nitrogens is 2. The lowest BCUT2D eigenvalue weighted by Gasteiger charge is -2.38. The summed E-state index contributed by atoms with van der Waals surface area (Å²) in [7, 11) is 0. The van der Waals surface area contributed by atoms with Crippen LogP contribution in [0, 0.1) is 5.41 Å². The van der Waals surface area contributed by atoms with Crippen molar-refractivity contribution in [1.29, 1.82) is 0 Å².